The molecule has 0 fully saturated rings. The van der Waals surface area contributed by atoms with E-state index in [1.54, 1.807) is 19.2 Å². The topological polar surface area (TPSA) is 36.9 Å². The van der Waals surface area contributed by atoms with Crippen LogP contribution in [0.3, 0.4) is 0 Å². The molecular formula is C21H20O4. The molecule has 1 atom stereocenters. The Balaban J connectivity index is 1.76. The maximum absolute atomic E-state index is 5.86. The van der Waals surface area contributed by atoms with Gasteiger partial charge in [0.05, 0.1) is 7.11 Å². The van der Waals surface area contributed by atoms with Gasteiger partial charge in [0.2, 0.25) is 0 Å². The van der Waals surface area contributed by atoms with Gasteiger partial charge in [-0.25, -0.2) is 0 Å². The van der Waals surface area contributed by atoms with E-state index < -0.39 is 6.48 Å². The zero-order valence-corrected chi connectivity index (χ0v) is 14.2. The van der Waals surface area contributed by atoms with E-state index in [1.165, 1.54) is 0 Å². The lowest BCUT2D eigenvalue weighted by Gasteiger charge is -2.21. The Labute approximate surface area is 147 Å². The van der Waals surface area contributed by atoms with Crippen molar-refractivity contribution in [2.45, 2.75) is 13.4 Å². The molecule has 3 aromatic carbocycles. The molecule has 1 unspecified atom stereocenters. The quantitative estimate of drug-likeness (QED) is 0.579. The van der Waals surface area contributed by atoms with Crippen LogP contribution in [0.5, 0.6) is 23.0 Å². The van der Waals surface area contributed by atoms with E-state index in [2.05, 4.69) is 0 Å². The number of ether oxygens (including phenoxy) is 4. The first-order valence-corrected chi connectivity index (χ1v) is 7.99. The molecule has 0 bridgehead atoms. The summed E-state index contributed by atoms with van der Waals surface area (Å²) in [6, 6.07) is 24.4. The SMILES string of the molecule is COc1ccc(OC(Oc2ccccc2)Oc2ccc(C)cc2)cc1. The van der Waals surface area contributed by atoms with Gasteiger partial charge in [-0.3, -0.25) is 0 Å². The van der Waals surface area contributed by atoms with Crippen molar-refractivity contribution in [3.8, 4) is 23.0 Å². The minimum atomic E-state index is -0.918. The second-order valence-corrected chi connectivity index (χ2v) is 5.44. The number of aryl methyl sites for hydroxylation is 1. The Kier molecular flexibility index (Phi) is 5.42. The molecule has 0 spiro atoms. The van der Waals surface area contributed by atoms with Crippen molar-refractivity contribution in [1.29, 1.82) is 0 Å². The molecule has 0 aliphatic heterocycles. The Bertz CT molecular complexity index is 767. The summed E-state index contributed by atoms with van der Waals surface area (Å²) in [5.41, 5.74) is 1.16. The molecule has 0 radical (unpaired) electrons. The summed E-state index contributed by atoms with van der Waals surface area (Å²) in [5, 5.41) is 0. The van der Waals surface area contributed by atoms with Crippen LogP contribution in [0.25, 0.3) is 0 Å². The minimum Gasteiger partial charge on any atom is -0.497 e. The third kappa shape index (κ3) is 4.91. The smallest absolute Gasteiger partial charge is 0.406 e. The molecule has 0 N–H and O–H groups in total. The summed E-state index contributed by atoms with van der Waals surface area (Å²) < 4.78 is 22.7. The second-order valence-electron chi connectivity index (χ2n) is 5.44. The molecule has 0 saturated heterocycles. The summed E-state index contributed by atoms with van der Waals surface area (Å²) in [5.74, 6) is 2.70. The van der Waals surface area contributed by atoms with Crippen LogP contribution in [-0.2, 0) is 0 Å². The predicted octanol–water partition coefficient (Wildman–Crippen LogP) is 4.82. The number of para-hydroxylation sites is 1. The van der Waals surface area contributed by atoms with Gasteiger partial charge in [0.15, 0.2) is 0 Å². The van der Waals surface area contributed by atoms with Gasteiger partial charge in [-0.05, 0) is 55.5 Å². The van der Waals surface area contributed by atoms with Crippen LogP contribution in [0.1, 0.15) is 5.56 Å². The van der Waals surface area contributed by atoms with E-state index in [9.17, 15) is 0 Å². The van der Waals surface area contributed by atoms with Crippen LogP contribution in [0.15, 0.2) is 78.9 Å². The van der Waals surface area contributed by atoms with Crippen molar-refractivity contribution < 1.29 is 18.9 Å². The van der Waals surface area contributed by atoms with Crippen molar-refractivity contribution >= 4 is 0 Å². The van der Waals surface area contributed by atoms with Crippen molar-refractivity contribution in [3.05, 3.63) is 84.4 Å². The van der Waals surface area contributed by atoms with Crippen LogP contribution < -0.4 is 18.9 Å². The fourth-order valence-corrected chi connectivity index (χ4v) is 2.18. The van der Waals surface area contributed by atoms with Gasteiger partial charge in [-0.15, -0.1) is 0 Å². The molecule has 0 saturated carbocycles. The molecule has 4 nitrogen and oxygen atoms in total. The van der Waals surface area contributed by atoms with E-state index in [-0.39, 0.29) is 0 Å². The molecule has 0 amide bonds. The van der Waals surface area contributed by atoms with Crippen LogP contribution in [0.4, 0.5) is 0 Å². The van der Waals surface area contributed by atoms with Gasteiger partial charge in [-0.2, -0.15) is 0 Å². The molecule has 0 aliphatic rings. The Morgan fingerprint density at radius 2 is 1.00 bits per heavy atom. The minimum absolute atomic E-state index is 0.619. The Hall–Kier alpha value is -3.14. The summed E-state index contributed by atoms with van der Waals surface area (Å²) in [6.07, 6.45) is 0. The fourth-order valence-electron chi connectivity index (χ4n) is 2.18. The third-order valence-electron chi connectivity index (χ3n) is 3.52. The number of benzene rings is 3. The van der Waals surface area contributed by atoms with Crippen molar-refractivity contribution in [2.24, 2.45) is 0 Å². The summed E-state index contributed by atoms with van der Waals surface area (Å²) >= 11 is 0. The van der Waals surface area contributed by atoms with E-state index in [0.29, 0.717) is 17.2 Å². The summed E-state index contributed by atoms with van der Waals surface area (Å²) in [6.45, 7) is 1.11. The average Bonchev–Trinajstić information content (AvgIpc) is 2.65. The molecule has 128 valence electrons. The van der Waals surface area contributed by atoms with Crippen molar-refractivity contribution in [1.82, 2.24) is 0 Å². The highest BCUT2D eigenvalue weighted by Gasteiger charge is 2.15. The normalized spacial score (nSPS) is 11.4. The van der Waals surface area contributed by atoms with Gasteiger partial charge < -0.3 is 18.9 Å². The van der Waals surface area contributed by atoms with Crippen LogP contribution in [0, 0.1) is 6.92 Å². The highest BCUT2D eigenvalue weighted by atomic mass is 16.8. The lowest BCUT2D eigenvalue weighted by molar-refractivity contribution is -0.140. The number of hydrogen-bond donors (Lipinski definition) is 0. The molecule has 0 aromatic heterocycles. The van der Waals surface area contributed by atoms with Crippen LogP contribution >= 0.6 is 0 Å². The zero-order chi connectivity index (χ0) is 17.5. The first-order chi connectivity index (χ1) is 12.2. The lowest BCUT2D eigenvalue weighted by atomic mass is 10.2. The molecule has 3 rings (SSSR count). The maximum atomic E-state index is 5.86. The molecular weight excluding hydrogens is 316 g/mol. The van der Waals surface area contributed by atoms with Crippen molar-refractivity contribution in [3.63, 3.8) is 0 Å². The highest BCUT2D eigenvalue weighted by molar-refractivity contribution is 5.31. The van der Waals surface area contributed by atoms with E-state index in [0.717, 1.165) is 11.3 Å². The first kappa shape index (κ1) is 16.7. The predicted molar refractivity (Wildman–Crippen MR) is 96.3 cm³/mol. The Morgan fingerprint density at radius 3 is 1.52 bits per heavy atom. The zero-order valence-electron chi connectivity index (χ0n) is 14.2. The molecule has 0 heterocycles. The van der Waals surface area contributed by atoms with Gasteiger partial charge in [0.25, 0.3) is 0 Å². The van der Waals surface area contributed by atoms with Gasteiger partial charge in [0, 0.05) is 0 Å². The molecule has 3 aromatic rings. The van der Waals surface area contributed by atoms with Gasteiger partial charge in [-0.1, -0.05) is 35.9 Å². The Morgan fingerprint density at radius 1 is 0.560 bits per heavy atom. The molecule has 0 aliphatic carbocycles. The average molecular weight is 336 g/mol. The third-order valence-corrected chi connectivity index (χ3v) is 3.52. The molecule has 25 heavy (non-hydrogen) atoms. The van der Waals surface area contributed by atoms with E-state index >= 15 is 0 Å². The van der Waals surface area contributed by atoms with E-state index in [4.69, 9.17) is 18.9 Å². The maximum Gasteiger partial charge on any atom is 0.406 e. The number of hydrogen-bond acceptors (Lipinski definition) is 4. The van der Waals surface area contributed by atoms with Gasteiger partial charge >= 0.3 is 6.48 Å². The summed E-state index contributed by atoms with van der Waals surface area (Å²) in [4.78, 5) is 0. The van der Waals surface area contributed by atoms with Crippen molar-refractivity contribution in [2.75, 3.05) is 7.11 Å². The number of rotatable bonds is 7. The number of methoxy groups -OCH3 is 1. The fraction of sp³-hybridized carbons (Fsp3) is 0.143. The highest BCUT2D eigenvalue weighted by Crippen LogP contribution is 2.22. The standard InChI is InChI=1S/C21H20O4/c1-16-8-10-19(11-9-16)24-21(23-18-6-4-3-5-7-18)25-20-14-12-17(22-2)13-15-20/h3-15,21H,1-2H3. The van der Waals surface area contributed by atoms with Crippen LogP contribution in [0.2, 0.25) is 0 Å². The first-order valence-electron chi connectivity index (χ1n) is 7.99. The largest absolute Gasteiger partial charge is 0.497 e. The summed E-state index contributed by atoms with van der Waals surface area (Å²) in [7, 11) is 1.62. The van der Waals surface area contributed by atoms with E-state index in [1.807, 2.05) is 73.7 Å². The van der Waals surface area contributed by atoms with Crippen LogP contribution in [-0.4, -0.2) is 13.6 Å². The second kappa shape index (κ2) is 8.11. The molecule has 4 heteroatoms. The lowest BCUT2D eigenvalue weighted by Crippen LogP contribution is -2.30. The monoisotopic (exact) mass is 336 g/mol. The van der Waals surface area contributed by atoms with Gasteiger partial charge in [0.1, 0.15) is 23.0 Å².